The van der Waals surface area contributed by atoms with Crippen molar-refractivity contribution in [1.82, 2.24) is 15.5 Å². The number of H-pyrrole nitrogens is 1. The maximum atomic E-state index is 13.1. The monoisotopic (exact) mass is 323 g/mol. The highest BCUT2D eigenvalue weighted by Gasteiger charge is 2.16. The minimum Gasteiger partial charge on any atom is -0.354 e. The molecule has 0 atom stereocenters. The highest BCUT2D eigenvalue weighted by Crippen LogP contribution is 2.23. The molecule has 0 unspecified atom stereocenters. The molecule has 0 bridgehead atoms. The van der Waals surface area contributed by atoms with E-state index in [1.54, 1.807) is 19.2 Å². The number of aryl methyl sites for hydroxylation is 1. The Morgan fingerprint density at radius 1 is 1.17 bits per heavy atom. The number of aromatic nitrogens is 2. The van der Waals surface area contributed by atoms with Gasteiger partial charge in [0.25, 0.3) is 5.91 Å². The van der Waals surface area contributed by atoms with Gasteiger partial charge in [0.2, 0.25) is 0 Å². The van der Waals surface area contributed by atoms with Crippen LogP contribution in [0.2, 0.25) is 0 Å². The maximum absolute atomic E-state index is 13.1. The third-order valence-electron chi connectivity index (χ3n) is 4.00. The van der Waals surface area contributed by atoms with Crippen molar-refractivity contribution in [3.63, 3.8) is 0 Å². The maximum Gasteiger partial charge on any atom is 0.271 e. The van der Waals surface area contributed by atoms with Crippen LogP contribution in [0.4, 0.5) is 4.39 Å². The second-order valence-electron chi connectivity index (χ2n) is 5.64. The van der Waals surface area contributed by atoms with Crippen LogP contribution in [0.3, 0.4) is 0 Å². The number of benzene rings is 2. The van der Waals surface area contributed by atoms with Gasteiger partial charge in [0.15, 0.2) is 5.69 Å². The molecule has 0 radical (unpaired) electrons. The quantitative estimate of drug-likeness (QED) is 0.772. The summed E-state index contributed by atoms with van der Waals surface area (Å²) in [6, 6.07) is 14.4. The second kappa shape index (κ2) is 6.66. The lowest BCUT2D eigenvalue weighted by molar-refractivity contribution is 0.0957. The van der Waals surface area contributed by atoms with Crippen molar-refractivity contribution in [2.45, 2.75) is 13.3 Å². The fourth-order valence-corrected chi connectivity index (χ4v) is 2.68. The number of carbonyl (C=O) groups is 1. The van der Waals surface area contributed by atoms with Gasteiger partial charge in [-0.05, 0) is 35.7 Å². The van der Waals surface area contributed by atoms with E-state index in [9.17, 15) is 9.18 Å². The Kier molecular flexibility index (Phi) is 4.42. The lowest BCUT2D eigenvalue weighted by atomic mass is 9.98. The Hall–Kier alpha value is -2.95. The molecular weight excluding hydrogens is 305 g/mol. The Morgan fingerprint density at radius 3 is 2.62 bits per heavy atom. The van der Waals surface area contributed by atoms with E-state index >= 15 is 0 Å². The van der Waals surface area contributed by atoms with Crippen LogP contribution in [-0.4, -0.2) is 23.2 Å². The predicted octanol–water partition coefficient (Wildman–Crippen LogP) is 3.47. The van der Waals surface area contributed by atoms with Crippen LogP contribution in [0.25, 0.3) is 11.1 Å². The molecule has 1 heterocycles. The van der Waals surface area contributed by atoms with Crippen molar-refractivity contribution in [1.29, 1.82) is 0 Å². The molecule has 2 aromatic carbocycles. The summed E-state index contributed by atoms with van der Waals surface area (Å²) in [6.45, 7) is 1.90. The average Bonchev–Trinajstić information content (AvgIpc) is 2.96. The zero-order valence-corrected chi connectivity index (χ0v) is 13.6. The van der Waals surface area contributed by atoms with Gasteiger partial charge in [-0.2, -0.15) is 5.10 Å². The fraction of sp³-hybridized carbons (Fsp3) is 0.158. The number of nitrogens with one attached hydrogen (secondary N) is 2. The minimum absolute atomic E-state index is 0.205. The molecule has 5 heteroatoms. The third kappa shape index (κ3) is 3.20. The number of aromatic amines is 1. The van der Waals surface area contributed by atoms with Crippen LogP contribution in [0.5, 0.6) is 0 Å². The molecule has 0 saturated heterocycles. The molecule has 0 aliphatic heterocycles. The second-order valence-corrected chi connectivity index (χ2v) is 5.64. The van der Waals surface area contributed by atoms with Crippen molar-refractivity contribution in [2.75, 3.05) is 7.05 Å². The van der Waals surface area contributed by atoms with Crippen molar-refractivity contribution >= 4 is 5.91 Å². The van der Waals surface area contributed by atoms with E-state index in [1.165, 1.54) is 12.1 Å². The summed E-state index contributed by atoms with van der Waals surface area (Å²) < 4.78 is 13.1. The van der Waals surface area contributed by atoms with E-state index in [0.29, 0.717) is 12.1 Å². The number of hydrogen-bond donors (Lipinski definition) is 2. The molecule has 0 aliphatic rings. The largest absolute Gasteiger partial charge is 0.354 e. The summed E-state index contributed by atoms with van der Waals surface area (Å²) in [5, 5.41) is 9.57. The number of halogens is 1. The van der Waals surface area contributed by atoms with Gasteiger partial charge < -0.3 is 5.32 Å². The van der Waals surface area contributed by atoms with Gasteiger partial charge in [-0.15, -0.1) is 0 Å². The Morgan fingerprint density at radius 2 is 1.92 bits per heavy atom. The van der Waals surface area contributed by atoms with E-state index in [0.717, 1.165) is 27.9 Å². The third-order valence-corrected chi connectivity index (χ3v) is 4.00. The minimum atomic E-state index is -0.251. The zero-order valence-electron chi connectivity index (χ0n) is 13.6. The van der Waals surface area contributed by atoms with Crippen molar-refractivity contribution in [3.05, 3.63) is 76.9 Å². The summed E-state index contributed by atoms with van der Waals surface area (Å²) in [7, 11) is 1.59. The van der Waals surface area contributed by atoms with Crippen LogP contribution >= 0.6 is 0 Å². The molecule has 24 heavy (non-hydrogen) atoms. The molecule has 1 aromatic heterocycles. The zero-order chi connectivity index (χ0) is 17.1. The average molecular weight is 323 g/mol. The van der Waals surface area contributed by atoms with E-state index in [2.05, 4.69) is 15.5 Å². The lowest BCUT2D eigenvalue weighted by Gasteiger charge is -2.07. The smallest absolute Gasteiger partial charge is 0.271 e. The number of rotatable bonds is 4. The predicted molar refractivity (Wildman–Crippen MR) is 91.4 cm³/mol. The first-order valence-electron chi connectivity index (χ1n) is 7.69. The van der Waals surface area contributed by atoms with Gasteiger partial charge in [0, 0.05) is 24.7 Å². The van der Waals surface area contributed by atoms with Crippen molar-refractivity contribution in [3.8, 4) is 11.1 Å². The molecule has 4 nitrogen and oxygen atoms in total. The number of nitrogens with zero attached hydrogens (tertiary/aromatic N) is 1. The molecule has 0 fully saturated rings. The highest BCUT2D eigenvalue weighted by molar-refractivity contribution is 5.93. The van der Waals surface area contributed by atoms with Gasteiger partial charge in [0.1, 0.15) is 5.82 Å². The number of carbonyl (C=O) groups excluding carboxylic acids is 1. The Balaban J connectivity index is 1.92. The SMILES string of the molecule is CNC(=O)c1n[nH]c(C)c1Cc1cccc(-c2ccc(F)cc2)c1. The van der Waals surface area contributed by atoms with Crippen LogP contribution < -0.4 is 5.32 Å². The van der Waals surface area contributed by atoms with Crippen molar-refractivity contribution in [2.24, 2.45) is 0 Å². The fourth-order valence-electron chi connectivity index (χ4n) is 2.68. The normalized spacial score (nSPS) is 10.6. The Labute approximate surface area is 139 Å². The molecule has 2 N–H and O–H groups in total. The van der Waals surface area contributed by atoms with Crippen LogP contribution in [0.1, 0.15) is 27.3 Å². The molecule has 1 amide bonds. The number of amides is 1. The molecule has 3 rings (SSSR count). The van der Waals surface area contributed by atoms with Crippen molar-refractivity contribution < 1.29 is 9.18 Å². The molecule has 122 valence electrons. The van der Waals surface area contributed by atoms with Crippen LogP contribution in [0, 0.1) is 12.7 Å². The highest BCUT2D eigenvalue weighted by atomic mass is 19.1. The first-order valence-corrected chi connectivity index (χ1v) is 7.69. The van der Waals surface area contributed by atoms with E-state index in [1.807, 2.05) is 31.2 Å². The van der Waals surface area contributed by atoms with E-state index in [-0.39, 0.29) is 11.7 Å². The van der Waals surface area contributed by atoms with Gasteiger partial charge in [0.05, 0.1) is 0 Å². The van der Waals surface area contributed by atoms with Crippen LogP contribution in [-0.2, 0) is 6.42 Å². The molecule has 0 saturated carbocycles. The summed E-state index contributed by atoms with van der Waals surface area (Å²) in [5.41, 5.74) is 5.20. The first kappa shape index (κ1) is 15.9. The molecule has 3 aromatic rings. The molecule has 0 aliphatic carbocycles. The van der Waals surface area contributed by atoms with E-state index < -0.39 is 0 Å². The first-order chi connectivity index (χ1) is 11.6. The molecule has 0 spiro atoms. The summed E-state index contributed by atoms with van der Waals surface area (Å²) in [6.07, 6.45) is 0.597. The van der Waals surface area contributed by atoms with Crippen LogP contribution in [0.15, 0.2) is 48.5 Å². The number of hydrogen-bond acceptors (Lipinski definition) is 2. The Bertz CT molecular complexity index is 869. The van der Waals surface area contributed by atoms with Gasteiger partial charge in [-0.25, -0.2) is 4.39 Å². The van der Waals surface area contributed by atoms with Gasteiger partial charge in [-0.3, -0.25) is 9.89 Å². The summed E-state index contributed by atoms with van der Waals surface area (Å²) in [5.74, 6) is -0.455. The van der Waals surface area contributed by atoms with Gasteiger partial charge >= 0.3 is 0 Å². The topological polar surface area (TPSA) is 57.8 Å². The van der Waals surface area contributed by atoms with E-state index in [4.69, 9.17) is 0 Å². The van der Waals surface area contributed by atoms with Gasteiger partial charge in [-0.1, -0.05) is 36.4 Å². The molecular formula is C19H18FN3O. The standard InChI is InChI=1S/C19H18FN3O/c1-12-17(18(23-22-12)19(24)21-2)11-13-4-3-5-15(10-13)14-6-8-16(20)9-7-14/h3-10H,11H2,1-2H3,(H,21,24)(H,22,23). The summed E-state index contributed by atoms with van der Waals surface area (Å²) in [4.78, 5) is 11.9. The summed E-state index contributed by atoms with van der Waals surface area (Å²) >= 11 is 0. The lowest BCUT2D eigenvalue weighted by Crippen LogP contribution is -2.20.